The molecule has 3 aromatic rings. The van der Waals surface area contributed by atoms with Crippen molar-refractivity contribution in [3.05, 3.63) is 84.2 Å². The fourth-order valence-electron chi connectivity index (χ4n) is 3.34. The molecule has 0 aliphatic heterocycles. The predicted molar refractivity (Wildman–Crippen MR) is 105 cm³/mol. The molecule has 0 spiro atoms. The summed E-state index contributed by atoms with van der Waals surface area (Å²) in [7, 11) is 0. The Kier molecular flexibility index (Phi) is 5.47. The molecule has 5 heteroatoms. The van der Waals surface area contributed by atoms with Gasteiger partial charge in [-0.15, -0.1) is 0 Å². The van der Waals surface area contributed by atoms with Crippen LogP contribution in [-0.4, -0.2) is 16.7 Å². The minimum absolute atomic E-state index is 0.119. The third-order valence-corrected chi connectivity index (χ3v) is 4.88. The molecule has 0 aliphatic rings. The molecular weight excluding hydrogens is 360 g/mol. The summed E-state index contributed by atoms with van der Waals surface area (Å²) in [4.78, 5) is 4.16. The van der Waals surface area contributed by atoms with Crippen LogP contribution in [0, 0.1) is 5.41 Å². The lowest BCUT2D eigenvalue weighted by Crippen LogP contribution is -2.41. The summed E-state index contributed by atoms with van der Waals surface area (Å²) in [6.07, 6.45) is 3.36. The van der Waals surface area contributed by atoms with Crippen molar-refractivity contribution >= 4 is 0 Å². The SMILES string of the molecule is CC(C)(C)C(O)(c1ccc(-c2ccc(OC(F)F)cc2)cc1)c1cccnc1. The molecule has 1 atom stereocenters. The van der Waals surface area contributed by atoms with Gasteiger partial charge in [-0.05, 0) is 40.3 Å². The maximum atomic E-state index is 12.3. The van der Waals surface area contributed by atoms with Crippen LogP contribution in [0.15, 0.2) is 73.1 Å². The molecule has 28 heavy (non-hydrogen) atoms. The minimum Gasteiger partial charge on any atom is -0.435 e. The maximum Gasteiger partial charge on any atom is 0.387 e. The fraction of sp³-hybridized carbons (Fsp3) is 0.261. The van der Waals surface area contributed by atoms with Crippen molar-refractivity contribution in [3.8, 4) is 16.9 Å². The van der Waals surface area contributed by atoms with Crippen molar-refractivity contribution in [1.82, 2.24) is 4.98 Å². The first kappa shape index (κ1) is 20.0. The number of hydrogen-bond acceptors (Lipinski definition) is 3. The number of aromatic nitrogens is 1. The average Bonchev–Trinajstić information content (AvgIpc) is 2.67. The summed E-state index contributed by atoms with van der Waals surface area (Å²) in [5, 5.41) is 11.6. The van der Waals surface area contributed by atoms with Crippen LogP contribution in [0.25, 0.3) is 11.1 Å². The van der Waals surface area contributed by atoms with Crippen LogP contribution in [0.2, 0.25) is 0 Å². The topological polar surface area (TPSA) is 42.4 Å². The summed E-state index contributed by atoms with van der Waals surface area (Å²) in [6.45, 7) is 3.11. The van der Waals surface area contributed by atoms with E-state index in [9.17, 15) is 13.9 Å². The quantitative estimate of drug-likeness (QED) is 0.621. The molecule has 0 bridgehead atoms. The summed E-state index contributed by atoms with van der Waals surface area (Å²) >= 11 is 0. The number of alkyl halides is 2. The van der Waals surface area contributed by atoms with Gasteiger partial charge in [-0.2, -0.15) is 8.78 Å². The zero-order valence-corrected chi connectivity index (χ0v) is 16.1. The Morgan fingerprint density at radius 1 is 0.857 bits per heavy atom. The highest BCUT2D eigenvalue weighted by Crippen LogP contribution is 2.44. The average molecular weight is 383 g/mol. The monoisotopic (exact) mass is 383 g/mol. The van der Waals surface area contributed by atoms with Crippen molar-refractivity contribution < 1.29 is 18.6 Å². The number of halogens is 2. The number of nitrogens with zero attached hydrogens (tertiary/aromatic N) is 1. The van der Waals surface area contributed by atoms with Crippen LogP contribution in [0.3, 0.4) is 0 Å². The van der Waals surface area contributed by atoms with E-state index in [-0.39, 0.29) is 5.75 Å². The van der Waals surface area contributed by atoms with Crippen molar-refractivity contribution in [1.29, 1.82) is 0 Å². The first-order valence-corrected chi connectivity index (χ1v) is 9.00. The van der Waals surface area contributed by atoms with Crippen LogP contribution in [-0.2, 0) is 5.60 Å². The predicted octanol–water partition coefficient (Wildman–Crippen LogP) is 5.63. The standard InChI is InChI=1S/C23H23F2NO2/c1-22(2,3)23(27,19-5-4-14-26-15-19)18-10-6-16(7-11-18)17-8-12-20(13-9-17)28-21(24)25/h4-15,21,27H,1-3H3. The Bertz CT molecular complexity index is 904. The van der Waals surface area contributed by atoms with E-state index >= 15 is 0 Å². The molecule has 0 saturated heterocycles. The molecule has 1 aromatic heterocycles. The van der Waals surface area contributed by atoms with E-state index in [4.69, 9.17) is 0 Å². The van der Waals surface area contributed by atoms with Gasteiger partial charge in [-0.25, -0.2) is 0 Å². The third-order valence-electron chi connectivity index (χ3n) is 4.88. The molecule has 2 aromatic carbocycles. The zero-order chi connectivity index (χ0) is 20.4. The number of ether oxygens (including phenoxy) is 1. The van der Waals surface area contributed by atoms with Crippen LogP contribution in [0.4, 0.5) is 8.78 Å². The van der Waals surface area contributed by atoms with Gasteiger partial charge in [0, 0.05) is 18.0 Å². The van der Waals surface area contributed by atoms with Crippen molar-refractivity contribution in [2.45, 2.75) is 33.0 Å². The van der Waals surface area contributed by atoms with Crippen LogP contribution in [0.5, 0.6) is 5.75 Å². The normalized spacial score (nSPS) is 14.0. The van der Waals surface area contributed by atoms with Gasteiger partial charge < -0.3 is 9.84 Å². The highest BCUT2D eigenvalue weighted by Gasteiger charge is 2.43. The molecule has 1 N–H and O–H groups in total. The molecule has 146 valence electrons. The Morgan fingerprint density at radius 2 is 1.43 bits per heavy atom. The van der Waals surface area contributed by atoms with Gasteiger partial charge in [-0.1, -0.05) is 63.2 Å². The molecule has 1 heterocycles. The van der Waals surface area contributed by atoms with E-state index in [0.29, 0.717) is 0 Å². The number of aliphatic hydroxyl groups is 1. The lowest BCUT2D eigenvalue weighted by atomic mass is 9.68. The molecule has 0 aliphatic carbocycles. The van der Waals surface area contributed by atoms with Crippen molar-refractivity contribution in [3.63, 3.8) is 0 Å². The van der Waals surface area contributed by atoms with Crippen LogP contribution >= 0.6 is 0 Å². The minimum atomic E-state index is -2.84. The smallest absolute Gasteiger partial charge is 0.387 e. The van der Waals surface area contributed by atoms with Gasteiger partial charge in [0.25, 0.3) is 0 Å². The van der Waals surface area contributed by atoms with E-state index < -0.39 is 17.6 Å². The van der Waals surface area contributed by atoms with Gasteiger partial charge in [0.15, 0.2) is 0 Å². The largest absolute Gasteiger partial charge is 0.435 e. The second-order valence-electron chi connectivity index (χ2n) is 7.68. The number of benzene rings is 2. The third kappa shape index (κ3) is 3.90. The van der Waals surface area contributed by atoms with Gasteiger partial charge in [0.2, 0.25) is 0 Å². The van der Waals surface area contributed by atoms with Gasteiger partial charge >= 0.3 is 6.61 Å². The van der Waals surface area contributed by atoms with E-state index in [0.717, 1.165) is 22.3 Å². The summed E-state index contributed by atoms with van der Waals surface area (Å²) in [6, 6.07) is 17.7. The molecule has 0 saturated carbocycles. The number of hydrogen-bond donors (Lipinski definition) is 1. The van der Waals surface area contributed by atoms with E-state index in [1.54, 1.807) is 24.5 Å². The Morgan fingerprint density at radius 3 is 1.89 bits per heavy atom. The summed E-state index contributed by atoms with van der Waals surface area (Å²) in [5.74, 6) is 0.119. The molecule has 3 rings (SSSR count). The van der Waals surface area contributed by atoms with Gasteiger partial charge in [0.1, 0.15) is 11.4 Å². The van der Waals surface area contributed by atoms with Gasteiger partial charge in [-0.3, -0.25) is 4.98 Å². The first-order valence-electron chi connectivity index (χ1n) is 9.00. The lowest BCUT2D eigenvalue weighted by Gasteiger charge is -2.41. The van der Waals surface area contributed by atoms with E-state index in [1.165, 1.54) is 12.1 Å². The number of pyridine rings is 1. The molecule has 1 unspecified atom stereocenters. The van der Waals surface area contributed by atoms with Crippen LogP contribution < -0.4 is 4.74 Å². The molecular formula is C23H23F2NO2. The number of rotatable bonds is 5. The molecule has 0 amide bonds. The van der Waals surface area contributed by atoms with Gasteiger partial charge in [0.05, 0.1) is 0 Å². The lowest BCUT2D eigenvalue weighted by molar-refractivity contribution is -0.0498. The second-order valence-corrected chi connectivity index (χ2v) is 7.68. The Balaban J connectivity index is 1.94. The zero-order valence-electron chi connectivity index (χ0n) is 16.1. The molecule has 0 fully saturated rings. The maximum absolute atomic E-state index is 12.3. The van der Waals surface area contributed by atoms with Crippen molar-refractivity contribution in [2.75, 3.05) is 0 Å². The van der Waals surface area contributed by atoms with Crippen molar-refractivity contribution in [2.24, 2.45) is 5.41 Å². The second kappa shape index (κ2) is 7.68. The highest BCUT2D eigenvalue weighted by molar-refractivity contribution is 5.65. The summed E-state index contributed by atoms with van der Waals surface area (Å²) < 4.78 is 29.0. The van der Waals surface area contributed by atoms with E-state index in [1.807, 2.05) is 57.2 Å². The molecule has 3 nitrogen and oxygen atoms in total. The Labute approximate surface area is 163 Å². The van der Waals surface area contributed by atoms with E-state index in [2.05, 4.69) is 9.72 Å². The summed E-state index contributed by atoms with van der Waals surface area (Å²) in [5.41, 5.74) is 1.59. The Hall–Kier alpha value is -2.79. The highest BCUT2D eigenvalue weighted by atomic mass is 19.3. The fourth-order valence-corrected chi connectivity index (χ4v) is 3.34. The van der Waals surface area contributed by atoms with Crippen LogP contribution in [0.1, 0.15) is 31.9 Å². The molecule has 0 radical (unpaired) electrons. The first-order chi connectivity index (χ1) is 13.2.